The number of hydrogen-bond donors (Lipinski definition) is 1. The van der Waals surface area contributed by atoms with Gasteiger partial charge in [-0.15, -0.1) is 0 Å². The van der Waals surface area contributed by atoms with Gasteiger partial charge in [-0.1, -0.05) is 29.3 Å². The summed E-state index contributed by atoms with van der Waals surface area (Å²) in [5, 5.41) is 3.55. The van der Waals surface area contributed by atoms with Crippen molar-refractivity contribution in [1.82, 2.24) is 9.80 Å². The summed E-state index contributed by atoms with van der Waals surface area (Å²) >= 11 is 11.9. The van der Waals surface area contributed by atoms with E-state index >= 15 is 0 Å². The number of likely N-dealkylation sites (N-methyl/N-ethyl adjacent to an activating group) is 1. The average molecular weight is 392 g/mol. The number of halogens is 2. The number of nitrogens with one attached hydrogen (secondary N) is 1. The molecule has 0 radical (unpaired) electrons. The SMILES string of the molecule is CN1CCN(C(=O)c2cccc(C(=O)Nc3ccc(Cl)c(Cl)c3)c2)CC1. The highest BCUT2D eigenvalue weighted by atomic mass is 35.5. The largest absolute Gasteiger partial charge is 0.336 e. The van der Waals surface area contributed by atoms with Gasteiger partial charge in [0.1, 0.15) is 0 Å². The van der Waals surface area contributed by atoms with E-state index in [1.165, 1.54) is 0 Å². The Morgan fingerprint density at radius 2 is 1.62 bits per heavy atom. The third-order valence-corrected chi connectivity index (χ3v) is 5.08. The molecule has 2 aromatic carbocycles. The van der Waals surface area contributed by atoms with Crippen LogP contribution in [0, 0.1) is 0 Å². The van der Waals surface area contributed by atoms with Crippen LogP contribution in [-0.4, -0.2) is 54.8 Å². The minimum absolute atomic E-state index is 0.0534. The zero-order valence-corrected chi connectivity index (χ0v) is 15.8. The van der Waals surface area contributed by atoms with Gasteiger partial charge >= 0.3 is 0 Å². The van der Waals surface area contributed by atoms with Crippen LogP contribution in [0.15, 0.2) is 42.5 Å². The van der Waals surface area contributed by atoms with Crippen LogP contribution in [0.1, 0.15) is 20.7 Å². The molecule has 136 valence electrons. The predicted octanol–water partition coefficient (Wildman–Crippen LogP) is 3.63. The normalized spacial score (nSPS) is 15.0. The first-order valence-electron chi connectivity index (χ1n) is 8.28. The van der Waals surface area contributed by atoms with E-state index in [0.29, 0.717) is 39.9 Å². The van der Waals surface area contributed by atoms with Crippen LogP contribution >= 0.6 is 23.2 Å². The number of rotatable bonds is 3. The van der Waals surface area contributed by atoms with Crippen LogP contribution in [0.5, 0.6) is 0 Å². The zero-order valence-electron chi connectivity index (χ0n) is 14.3. The van der Waals surface area contributed by atoms with E-state index in [-0.39, 0.29) is 11.8 Å². The van der Waals surface area contributed by atoms with E-state index in [1.54, 1.807) is 42.5 Å². The minimum Gasteiger partial charge on any atom is -0.336 e. The topological polar surface area (TPSA) is 52.7 Å². The number of amides is 2. The van der Waals surface area contributed by atoms with E-state index in [2.05, 4.69) is 10.2 Å². The molecule has 0 spiro atoms. The lowest BCUT2D eigenvalue weighted by molar-refractivity contribution is 0.0664. The summed E-state index contributed by atoms with van der Waals surface area (Å²) in [7, 11) is 2.04. The molecule has 0 atom stereocenters. The summed E-state index contributed by atoms with van der Waals surface area (Å²) in [6.07, 6.45) is 0. The van der Waals surface area contributed by atoms with Crippen molar-refractivity contribution in [2.75, 3.05) is 38.5 Å². The lowest BCUT2D eigenvalue weighted by Crippen LogP contribution is -2.47. The van der Waals surface area contributed by atoms with Crippen LogP contribution in [0.2, 0.25) is 10.0 Å². The minimum atomic E-state index is -0.309. The second-order valence-electron chi connectivity index (χ2n) is 6.26. The second kappa shape index (κ2) is 8.08. The molecule has 0 aromatic heterocycles. The van der Waals surface area contributed by atoms with Gasteiger partial charge in [0.15, 0.2) is 0 Å². The summed E-state index contributed by atoms with van der Waals surface area (Å²) in [4.78, 5) is 29.2. The molecule has 0 bridgehead atoms. The number of nitrogens with zero attached hydrogens (tertiary/aromatic N) is 2. The summed E-state index contributed by atoms with van der Waals surface area (Å²) in [5.74, 6) is -0.362. The number of anilines is 1. The molecule has 1 aliphatic heterocycles. The van der Waals surface area contributed by atoms with E-state index in [0.717, 1.165) is 13.1 Å². The van der Waals surface area contributed by atoms with Crippen molar-refractivity contribution in [2.24, 2.45) is 0 Å². The van der Waals surface area contributed by atoms with E-state index in [1.807, 2.05) is 11.9 Å². The Kier molecular flexibility index (Phi) is 5.81. The molecule has 1 heterocycles. The molecule has 0 saturated carbocycles. The van der Waals surface area contributed by atoms with Crippen molar-refractivity contribution in [3.8, 4) is 0 Å². The van der Waals surface area contributed by atoms with Crippen molar-refractivity contribution < 1.29 is 9.59 Å². The Hall–Kier alpha value is -2.08. The molecule has 3 rings (SSSR count). The Morgan fingerprint density at radius 1 is 0.923 bits per heavy atom. The van der Waals surface area contributed by atoms with Crippen molar-refractivity contribution >= 4 is 40.7 Å². The zero-order chi connectivity index (χ0) is 18.7. The van der Waals surface area contributed by atoms with E-state index < -0.39 is 0 Å². The van der Waals surface area contributed by atoms with Crippen molar-refractivity contribution in [3.63, 3.8) is 0 Å². The molecule has 5 nitrogen and oxygen atoms in total. The number of carbonyl (C=O) groups is 2. The molecule has 0 unspecified atom stereocenters. The predicted molar refractivity (Wildman–Crippen MR) is 104 cm³/mol. The van der Waals surface area contributed by atoms with Crippen LogP contribution in [0.4, 0.5) is 5.69 Å². The molecule has 1 N–H and O–H groups in total. The Labute approximate surface area is 162 Å². The smallest absolute Gasteiger partial charge is 0.255 e. The number of carbonyl (C=O) groups excluding carboxylic acids is 2. The van der Waals surface area contributed by atoms with Crippen molar-refractivity contribution in [1.29, 1.82) is 0 Å². The molecule has 26 heavy (non-hydrogen) atoms. The van der Waals surface area contributed by atoms with Crippen LogP contribution in [0.25, 0.3) is 0 Å². The Bertz CT molecular complexity index is 833. The Morgan fingerprint density at radius 3 is 2.31 bits per heavy atom. The summed E-state index contributed by atoms with van der Waals surface area (Å²) in [6, 6.07) is 11.6. The molecule has 2 aromatic rings. The molecular formula is C19H19Cl2N3O2. The third kappa shape index (κ3) is 4.36. The van der Waals surface area contributed by atoms with Gasteiger partial charge in [0.2, 0.25) is 0 Å². The second-order valence-corrected chi connectivity index (χ2v) is 7.07. The van der Waals surface area contributed by atoms with Crippen molar-refractivity contribution in [3.05, 3.63) is 63.6 Å². The molecular weight excluding hydrogens is 373 g/mol. The van der Waals surface area contributed by atoms with Gasteiger partial charge in [-0.25, -0.2) is 0 Å². The van der Waals surface area contributed by atoms with Gasteiger partial charge in [-0.2, -0.15) is 0 Å². The van der Waals surface area contributed by atoms with Crippen molar-refractivity contribution in [2.45, 2.75) is 0 Å². The number of hydrogen-bond acceptors (Lipinski definition) is 3. The highest BCUT2D eigenvalue weighted by Crippen LogP contribution is 2.25. The average Bonchev–Trinajstić information content (AvgIpc) is 2.65. The number of piperazine rings is 1. The molecule has 1 saturated heterocycles. The fraction of sp³-hybridized carbons (Fsp3) is 0.263. The fourth-order valence-electron chi connectivity index (χ4n) is 2.76. The molecule has 1 fully saturated rings. The molecule has 0 aliphatic carbocycles. The van der Waals surface area contributed by atoms with Gasteiger partial charge in [0, 0.05) is 43.0 Å². The van der Waals surface area contributed by atoms with E-state index in [9.17, 15) is 9.59 Å². The summed E-state index contributed by atoms with van der Waals surface area (Å²) < 4.78 is 0. The van der Waals surface area contributed by atoms with Gasteiger partial charge in [-0.3, -0.25) is 9.59 Å². The standard InChI is InChI=1S/C19H19Cl2N3O2/c1-23-7-9-24(10-8-23)19(26)14-4-2-3-13(11-14)18(25)22-15-5-6-16(20)17(21)12-15/h2-6,11-12H,7-10H2,1H3,(H,22,25). The van der Waals surface area contributed by atoms with Gasteiger partial charge in [0.25, 0.3) is 11.8 Å². The molecule has 1 aliphatic rings. The fourth-order valence-corrected chi connectivity index (χ4v) is 3.06. The molecule has 2 amide bonds. The van der Waals surface area contributed by atoms with E-state index in [4.69, 9.17) is 23.2 Å². The van der Waals surface area contributed by atoms with Gasteiger partial charge in [-0.05, 0) is 43.4 Å². The monoisotopic (exact) mass is 391 g/mol. The summed E-state index contributed by atoms with van der Waals surface area (Å²) in [6.45, 7) is 3.08. The first-order chi connectivity index (χ1) is 12.4. The first kappa shape index (κ1) is 18.7. The van der Waals surface area contributed by atoms with Crippen LogP contribution in [-0.2, 0) is 0 Å². The highest BCUT2D eigenvalue weighted by Gasteiger charge is 2.21. The van der Waals surface area contributed by atoms with Crippen LogP contribution in [0.3, 0.4) is 0 Å². The summed E-state index contributed by atoms with van der Waals surface area (Å²) in [5.41, 5.74) is 1.47. The lowest BCUT2D eigenvalue weighted by atomic mass is 10.1. The first-order valence-corrected chi connectivity index (χ1v) is 9.04. The quantitative estimate of drug-likeness (QED) is 0.868. The maximum absolute atomic E-state index is 12.7. The van der Waals surface area contributed by atoms with Crippen LogP contribution < -0.4 is 5.32 Å². The maximum atomic E-state index is 12.7. The van der Waals surface area contributed by atoms with Gasteiger partial charge in [0.05, 0.1) is 10.0 Å². The third-order valence-electron chi connectivity index (χ3n) is 4.34. The maximum Gasteiger partial charge on any atom is 0.255 e. The Balaban J connectivity index is 1.72. The highest BCUT2D eigenvalue weighted by molar-refractivity contribution is 6.42. The lowest BCUT2D eigenvalue weighted by Gasteiger charge is -2.32. The molecule has 7 heteroatoms. The number of benzene rings is 2. The van der Waals surface area contributed by atoms with Gasteiger partial charge < -0.3 is 15.1 Å².